The van der Waals surface area contributed by atoms with Gasteiger partial charge in [0.15, 0.2) is 0 Å². The molecular weight excluding hydrogens is 252 g/mol. The highest BCUT2D eigenvalue weighted by molar-refractivity contribution is 7.93. The van der Waals surface area contributed by atoms with Crippen molar-refractivity contribution in [1.82, 2.24) is 4.72 Å². The lowest BCUT2D eigenvalue weighted by molar-refractivity contribution is 0.567. The third kappa shape index (κ3) is 10.3. The predicted molar refractivity (Wildman–Crippen MR) is 64.4 cm³/mol. The van der Waals surface area contributed by atoms with Crippen molar-refractivity contribution in [2.45, 2.75) is 25.8 Å². The summed E-state index contributed by atoms with van der Waals surface area (Å²) in [5.74, 6) is -0.736. The number of sulfone groups is 1. The molecule has 0 heterocycles. The van der Waals surface area contributed by atoms with Crippen LogP contribution in [0, 0.1) is 0 Å². The van der Waals surface area contributed by atoms with Crippen LogP contribution in [0.5, 0.6) is 0 Å². The molecule has 0 saturated carbocycles. The molecule has 6 nitrogen and oxygen atoms in total. The van der Waals surface area contributed by atoms with Gasteiger partial charge >= 0.3 is 0 Å². The van der Waals surface area contributed by atoms with Gasteiger partial charge in [-0.25, -0.2) is 21.6 Å². The summed E-state index contributed by atoms with van der Waals surface area (Å²) in [6.07, 6.45) is 2.39. The molecule has 0 fully saturated rings. The molecule has 0 radical (unpaired) electrons. The zero-order valence-electron chi connectivity index (χ0n) is 9.64. The topological polar surface area (TPSA) is 106 Å². The minimum Gasteiger partial charge on any atom is -0.328 e. The van der Waals surface area contributed by atoms with Crippen molar-refractivity contribution >= 4 is 19.9 Å². The summed E-state index contributed by atoms with van der Waals surface area (Å²) in [6.45, 7) is 2.14. The van der Waals surface area contributed by atoms with E-state index in [1.807, 2.05) is 6.92 Å². The Bertz CT molecular complexity index is 386. The second-order valence-corrected chi connectivity index (χ2v) is 8.15. The van der Waals surface area contributed by atoms with Crippen LogP contribution in [0.2, 0.25) is 0 Å². The van der Waals surface area contributed by atoms with E-state index in [1.165, 1.54) is 0 Å². The maximum absolute atomic E-state index is 11.3. The van der Waals surface area contributed by atoms with Gasteiger partial charge < -0.3 is 5.73 Å². The van der Waals surface area contributed by atoms with Gasteiger partial charge in [0.2, 0.25) is 10.0 Å². The molecule has 16 heavy (non-hydrogen) atoms. The molecule has 98 valence electrons. The summed E-state index contributed by atoms with van der Waals surface area (Å²) in [5, 5.41) is 0. The highest BCUT2D eigenvalue weighted by Crippen LogP contribution is 1.94. The lowest BCUT2D eigenvalue weighted by Crippen LogP contribution is -2.31. The monoisotopic (exact) mass is 272 g/mol. The summed E-state index contributed by atoms with van der Waals surface area (Å²) >= 11 is 0. The zero-order valence-corrected chi connectivity index (χ0v) is 11.3. The number of hydrogen-bond acceptors (Lipinski definition) is 5. The molecule has 0 rings (SSSR count). The highest BCUT2D eigenvalue weighted by atomic mass is 32.2. The van der Waals surface area contributed by atoms with Gasteiger partial charge in [0, 0.05) is 18.8 Å². The first kappa shape index (κ1) is 15.8. The molecule has 0 aromatic rings. The molecule has 1 atom stereocenters. The van der Waals surface area contributed by atoms with Gasteiger partial charge in [-0.15, -0.1) is 0 Å². The fourth-order valence-electron chi connectivity index (χ4n) is 0.985. The fourth-order valence-corrected chi connectivity index (χ4v) is 3.67. The van der Waals surface area contributed by atoms with Crippen LogP contribution >= 0.6 is 0 Å². The van der Waals surface area contributed by atoms with Gasteiger partial charge in [-0.3, -0.25) is 0 Å². The average molecular weight is 272 g/mol. The van der Waals surface area contributed by atoms with Gasteiger partial charge in [-0.05, 0) is 19.8 Å². The maximum Gasteiger partial charge on any atom is 0.212 e. The Morgan fingerprint density at radius 1 is 1.19 bits per heavy atom. The van der Waals surface area contributed by atoms with Crippen molar-refractivity contribution in [3.05, 3.63) is 0 Å². The van der Waals surface area contributed by atoms with Crippen LogP contribution in [0.4, 0.5) is 0 Å². The zero-order chi connectivity index (χ0) is 12.8. The lowest BCUT2D eigenvalue weighted by atomic mass is 10.2. The number of rotatable bonds is 8. The van der Waals surface area contributed by atoms with Crippen molar-refractivity contribution in [3.63, 3.8) is 0 Å². The molecule has 0 saturated heterocycles. The first-order chi connectivity index (χ1) is 7.12. The van der Waals surface area contributed by atoms with Crippen LogP contribution < -0.4 is 10.5 Å². The molecule has 0 aliphatic heterocycles. The summed E-state index contributed by atoms with van der Waals surface area (Å²) < 4.78 is 46.5. The second-order valence-electron chi connectivity index (χ2n) is 3.96. The summed E-state index contributed by atoms with van der Waals surface area (Å²) in [6, 6.07) is 0.0422. The van der Waals surface area contributed by atoms with Crippen molar-refractivity contribution in [2.75, 3.05) is 24.3 Å². The van der Waals surface area contributed by atoms with E-state index in [0.29, 0.717) is 13.0 Å². The standard InChI is InChI=1S/C8H20N2O4S2/c1-8(9)4-3-5-10-16(13,14)7-6-15(2,11)12/h8,10H,3-7,9H2,1-2H3. The largest absolute Gasteiger partial charge is 0.328 e. The highest BCUT2D eigenvalue weighted by Gasteiger charge is 2.13. The van der Waals surface area contributed by atoms with Gasteiger partial charge in [-0.1, -0.05) is 0 Å². The third-order valence-corrected chi connectivity index (χ3v) is 4.47. The van der Waals surface area contributed by atoms with Crippen LogP contribution in [0.1, 0.15) is 19.8 Å². The maximum atomic E-state index is 11.3. The van der Waals surface area contributed by atoms with Crippen molar-refractivity contribution in [1.29, 1.82) is 0 Å². The Hall–Kier alpha value is -0.180. The molecule has 0 amide bonds. The third-order valence-electron chi connectivity index (χ3n) is 1.88. The summed E-state index contributed by atoms with van der Waals surface area (Å²) in [5.41, 5.74) is 5.50. The average Bonchev–Trinajstić information content (AvgIpc) is 2.08. The van der Waals surface area contributed by atoms with Crippen LogP contribution in [0.3, 0.4) is 0 Å². The molecule has 0 bridgehead atoms. The van der Waals surface area contributed by atoms with E-state index in [0.717, 1.165) is 12.7 Å². The Balaban J connectivity index is 3.89. The van der Waals surface area contributed by atoms with Gasteiger partial charge in [0.25, 0.3) is 0 Å². The molecular formula is C8H20N2O4S2. The molecule has 0 spiro atoms. The van der Waals surface area contributed by atoms with Gasteiger partial charge in [0.1, 0.15) is 9.84 Å². The quantitative estimate of drug-likeness (QED) is 0.556. The number of nitrogens with two attached hydrogens (primary N) is 1. The Morgan fingerprint density at radius 3 is 2.19 bits per heavy atom. The second kappa shape index (κ2) is 6.53. The first-order valence-corrected chi connectivity index (χ1v) is 8.74. The SMILES string of the molecule is CC(N)CCCNS(=O)(=O)CCS(C)(=O)=O. The summed E-state index contributed by atoms with van der Waals surface area (Å²) in [7, 11) is -6.72. The van der Waals surface area contributed by atoms with E-state index in [4.69, 9.17) is 5.73 Å². The van der Waals surface area contributed by atoms with E-state index in [2.05, 4.69) is 4.72 Å². The fraction of sp³-hybridized carbons (Fsp3) is 1.00. The van der Waals surface area contributed by atoms with Gasteiger partial charge in [0.05, 0.1) is 11.5 Å². The lowest BCUT2D eigenvalue weighted by Gasteiger charge is -2.07. The Morgan fingerprint density at radius 2 is 1.75 bits per heavy atom. The van der Waals surface area contributed by atoms with E-state index in [1.54, 1.807) is 0 Å². The smallest absolute Gasteiger partial charge is 0.212 e. The number of nitrogens with one attached hydrogen (secondary N) is 1. The van der Waals surface area contributed by atoms with Crippen LogP contribution in [0.25, 0.3) is 0 Å². The van der Waals surface area contributed by atoms with E-state index >= 15 is 0 Å². The predicted octanol–water partition coefficient (Wildman–Crippen LogP) is -0.922. The molecule has 8 heteroatoms. The van der Waals surface area contributed by atoms with Crippen LogP contribution in [-0.2, 0) is 19.9 Å². The molecule has 0 aliphatic rings. The van der Waals surface area contributed by atoms with Crippen molar-refractivity contribution < 1.29 is 16.8 Å². The minimum atomic E-state index is -3.48. The van der Waals surface area contributed by atoms with E-state index in [9.17, 15) is 16.8 Å². The molecule has 0 aliphatic carbocycles. The van der Waals surface area contributed by atoms with Crippen molar-refractivity contribution in [2.24, 2.45) is 5.73 Å². The number of sulfonamides is 1. The summed E-state index contributed by atoms with van der Waals surface area (Å²) in [4.78, 5) is 0. The van der Waals surface area contributed by atoms with Gasteiger partial charge in [-0.2, -0.15) is 0 Å². The van der Waals surface area contributed by atoms with E-state index in [-0.39, 0.29) is 17.5 Å². The molecule has 3 N–H and O–H groups in total. The Labute approximate surface area is 97.6 Å². The van der Waals surface area contributed by atoms with E-state index < -0.39 is 19.9 Å². The van der Waals surface area contributed by atoms with Crippen LogP contribution in [-0.4, -0.2) is 47.2 Å². The van der Waals surface area contributed by atoms with Crippen molar-refractivity contribution in [3.8, 4) is 0 Å². The molecule has 1 unspecified atom stereocenters. The minimum absolute atomic E-state index is 0.0422. The number of hydrogen-bond donors (Lipinski definition) is 2. The normalized spacial score (nSPS) is 14.9. The van der Waals surface area contributed by atoms with Crippen LogP contribution in [0.15, 0.2) is 0 Å². The Kier molecular flexibility index (Phi) is 6.46. The molecule has 0 aromatic carbocycles. The molecule has 0 aromatic heterocycles. The first-order valence-electron chi connectivity index (χ1n) is 5.03.